The molecule has 4 nitrogen and oxygen atoms in total. The maximum Gasteiger partial charge on any atom is 0.253 e. The lowest BCUT2D eigenvalue weighted by Gasteiger charge is -2.22. The van der Waals surface area contributed by atoms with Gasteiger partial charge in [0.05, 0.1) is 16.6 Å². The SMILES string of the molecule is COC(OC)C(C)NC(=O)c1ccc(Br)cc1Cl. The molecule has 1 aromatic rings. The maximum absolute atomic E-state index is 12.0. The predicted molar refractivity (Wildman–Crippen MR) is 73.9 cm³/mol. The second-order valence-corrected chi connectivity index (χ2v) is 5.05. The summed E-state index contributed by atoms with van der Waals surface area (Å²) in [6.07, 6.45) is -0.497. The zero-order valence-corrected chi connectivity index (χ0v) is 12.7. The Labute approximate surface area is 120 Å². The summed E-state index contributed by atoms with van der Waals surface area (Å²) in [5.41, 5.74) is 0.415. The summed E-state index contributed by atoms with van der Waals surface area (Å²) < 4.78 is 11.0. The molecule has 1 atom stereocenters. The molecule has 0 aliphatic rings. The Morgan fingerprint density at radius 1 is 1.39 bits per heavy atom. The quantitative estimate of drug-likeness (QED) is 0.841. The molecule has 1 rings (SSSR count). The van der Waals surface area contributed by atoms with Crippen molar-refractivity contribution in [3.8, 4) is 0 Å². The van der Waals surface area contributed by atoms with Gasteiger partial charge in [-0.05, 0) is 25.1 Å². The molecule has 0 bridgehead atoms. The number of benzene rings is 1. The summed E-state index contributed by atoms with van der Waals surface area (Å²) in [4.78, 5) is 12.0. The van der Waals surface area contributed by atoms with Gasteiger partial charge >= 0.3 is 0 Å². The Morgan fingerprint density at radius 2 is 2.00 bits per heavy atom. The van der Waals surface area contributed by atoms with E-state index in [2.05, 4.69) is 21.2 Å². The summed E-state index contributed by atoms with van der Waals surface area (Å²) in [7, 11) is 3.03. The molecule has 100 valence electrons. The number of methoxy groups -OCH3 is 2. The molecule has 0 saturated heterocycles. The summed E-state index contributed by atoms with van der Waals surface area (Å²) in [5.74, 6) is -0.265. The third kappa shape index (κ3) is 3.95. The van der Waals surface area contributed by atoms with Crippen molar-refractivity contribution < 1.29 is 14.3 Å². The monoisotopic (exact) mass is 335 g/mol. The van der Waals surface area contributed by atoms with Crippen molar-refractivity contribution in [1.29, 1.82) is 0 Å². The molecule has 1 aromatic carbocycles. The number of ether oxygens (including phenoxy) is 2. The highest BCUT2D eigenvalue weighted by atomic mass is 79.9. The minimum Gasteiger partial charge on any atom is -0.354 e. The van der Waals surface area contributed by atoms with Crippen LogP contribution in [0.4, 0.5) is 0 Å². The first-order chi connectivity index (χ1) is 8.49. The topological polar surface area (TPSA) is 47.6 Å². The molecule has 0 heterocycles. The molecule has 1 amide bonds. The van der Waals surface area contributed by atoms with Crippen LogP contribution < -0.4 is 5.32 Å². The molecule has 0 radical (unpaired) electrons. The summed E-state index contributed by atoms with van der Waals surface area (Å²) >= 11 is 9.29. The molecule has 0 aliphatic carbocycles. The van der Waals surface area contributed by atoms with Gasteiger partial charge in [0.15, 0.2) is 6.29 Å². The zero-order chi connectivity index (χ0) is 13.7. The Kier molecular flexibility index (Phi) is 6.08. The van der Waals surface area contributed by atoms with Crippen molar-refractivity contribution in [1.82, 2.24) is 5.32 Å². The van der Waals surface area contributed by atoms with Crippen molar-refractivity contribution in [2.45, 2.75) is 19.3 Å². The first-order valence-electron chi connectivity index (χ1n) is 5.31. The summed E-state index contributed by atoms with van der Waals surface area (Å²) in [5, 5.41) is 3.16. The normalized spacial score (nSPS) is 12.6. The second kappa shape index (κ2) is 7.09. The smallest absolute Gasteiger partial charge is 0.253 e. The lowest BCUT2D eigenvalue weighted by atomic mass is 10.2. The van der Waals surface area contributed by atoms with E-state index in [1.165, 1.54) is 14.2 Å². The van der Waals surface area contributed by atoms with E-state index in [0.717, 1.165) is 4.47 Å². The van der Waals surface area contributed by atoms with Crippen LogP contribution in [0.3, 0.4) is 0 Å². The number of amides is 1. The summed E-state index contributed by atoms with van der Waals surface area (Å²) in [6.45, 7) is 1.79. The van der Waals surface area contributed by atoms with Crippen molar-refractivity contribution >= 4 is 33.4 Å². The first-order valence-corrected chi connectivity index (χ1v) is 6.48. The van der Waals surface area contributed by atoms with E-state index in [0.29, 0.717) is 10.6 Å². The third-order valence-corrected chi connectivity index (χ3v) is 3.21. The number of nitrogens with one attached hydrogen (secondary N) is 1. The third-order valence-electron chi connectivity index (χ3n) is 2.41. The highest BCUT2D eigenvalue weighted by molar-refractivity contribution is 9.10. The van der Waals surface area contributed by atoms with Crippen LogP contribution in [-0.4, -0.2) is 32.5 Å². The van der Waals surface area contributed by atoms with E-state index in [1.807, 2.05) is 0 Å². The fraction of sp³-hybridized carbons (Fsp3) is 0.417. The molecule has 0 aromatic heterocycles. The van der Waals surface area contributed by atoms with Gasteiger partial charge in [0.1, 0.15) is 0 Å². The highest BCUT2D eigenvalue weighted by Crippen LogP contribution is 2.21. The van der Waals surface area contributed by atoms with Gasteiger partial charge in [-0.1, -0.05) is 27.5 Å². The largest absolute Gasteiger partial charge is 0.354 e. The minimum absolute atomic E-state index is 0.265. The number of carbonyl (C=O) groups excluding carboxylic acids is 1. The molecule has 0 aliphatic heterocycles. The van der Waals surface area contributed by atoms with Crippen molar-refractivity contribution in [2.24, 2.45) is 0 Å². The van der Waals surface area contributed by atoms with Crippen molar-refractivity contribution in [3.05, 3.63) is 33.3 Å². The van der Waals surface area contributed by atoms with Gasteiger partial charge in [-0.25, -0.2) is 0 Å². The number of hydrogen-bond donors (Lipinski definition) is 1. The molecule has 0 saturated carbocycles. The average molecular weight is 337 g/mol. The van der Waals surface area contributed by atoms with Crippen LogP contribution in [-0.2, 0) is 9.47 Å². The molecule has 1 N–H and O–H groups in total. The fourth-order valence-electron chi connectivity index (χ4n) is 1.53. The standard InChI is InChI=1S/C12H15BrClNO3/c1-7(12(17-2)18-3)15-11(16)9-5-4-8(13)6-10(9)14/h4-7,12H,1-3H3,(H,15,16). The van der Waals surface area contributed by atoms with E-state index in [-0.39, 0.29) is 11.9 Å². The molecular weight excluding hydrogens is 321 g/mol. The predicted octanol–water partition coefficient (Wildman–Crippen LogP) is 2.84. The zero-order valence-electron chi connectivity index (χ0n) is 10.4. The van der Waals surface area contributed by atoms with E-state index >= 15 is 0 Å². The van der Waals surface area contributed by atoms with E-state index < -0.39 is 6.29 Å². The van der Waals surface area contributed by atoms with Crippen LogP contribution in [0, 0.1) is 0 Å². The number of rotatable bonds is 5. The van der Waals surface area contributed by atoms with Crippen LogP contribution in [0.5, 0.6) is 0 Å². The first kappa shape index (κ1) is 15.4. The highest BCUT2D eigenvalue weighted by Gasteiger charge is 2.20. The molecule has 1 unspecified atom stereocenters. The van der Waals surface area contributed by atoms with Crippen LogP contribution in [0.1, 0.15) is 17.3 Å². The number of carbonyl (C=O) groups is 1. The van der Waals surface area contributed by atoms with Gasteiger partial charge in [0, 0.05) is 18.7 Å². The molecule has 6 heteroatoms. The Hall–Kier alpha value is -0.620. The van der Waals surface area contributed by atoms with Crippen LogP contribution in [0.2, 0.25) is 5.02 Å². The fourth-order valence-corrected chi connectivity index (χ4v) is 2.29. The summed E-state index contributed by atoms with van der Waals surface area (Å²) in [6, 6.07) is 4.80. The number of halogens is 2. The molecule has 0 spiro atoms. The second-order valence-electron chi connectivity index (χ2n) is 3.73. The Bertz CT molecular complexity index is 424. The van der Waals surface area contributed by atoms with Gasteiger partial charge in [0.2, 0.25) is 0 Å². The maximum atomic E-state index is 12.0. The van der Waals surface area contributed by atoms with Crippen molar-refractivity contribution in [3.63, 3.8) is 0 Å². The van der Waals surface area contributed by atoms with E-state index in [9.17, 15) is 4.79 Å². The Balaban J connectivity index is 2.76. The van der Waals surface area contributed by atoms with E-state index in [1.54, 1.807) is 25.1 Å². The molecular formula is C12H15BrClNO3. The lowest BCUT2D eigenvalue weighted by Crippen LogP contribution is -2.43. The van der Waals surface area contributed by atoms with Gasteiger partial charge in [0.25, 0.3) is 5.91 Å². The van der Waals surface area contributed by atoms with Crippen LogP contribution >= 0.6 is 27.5 Å². The van der Waals surface area contributed by atoms with Gasteiger partial charge in [-0.3, -0.25) is 4.79 Å². The Morgan fingerprint density at radius 3 is 2.50 bits per heavy atom. The average Bonchev–Trinajstić information content (AvgIpc) is 2.30. The van der Waals surface area contributed by atoms with Gasteiger partial charge in [-0.15, -0.1) is 0 Å². The number of hydrogen-bond acceptors (Lipinski definition) is 3. The lowest BCUT2D eigenvalue weighted by molar-refractivity contribution is -0.117. The molecule has 18 heavy (non-hydrogen) atoms. The van der Waals surface area contributed by atoms with E-state index in [4.69, 9.17) is 21.1 Å². The minimum atomic E-state index is -0.497. The van der Waals surface area contributed by atoms with Crippen LogP contribution in [0.25, 0.3) is 0 Å². The van der Waals surface area contributed by atoms with Crippen molar-refractivity contribution in [2.75, 3.05) is 14.2 Å². The van der Waals surface area contributed by atoms with Gasteiger partial charge in [-0.2, -0.15) is 0 Å². The van der Waals surface area contributed by atoms with Gasteiger partial charge < -0.3 is 14.8 Å². The molecule has 0 fully saturated rings. The van der Waals surface area contributed by atoms with Crippen LogP contribution in [0.15, 0.2) is 22.7 Å².